The van der Waals surface area contributed by atoms with Crippen LogP contribution >= 0.6 is 0 Å². The summed E-state index contributed by atoms with van der Waals surface area (Å²) in [6.07, 6.45) is 4.84. The summed E-state index contributed by atoms with van der Waals surface area (Å²) >= 11 is 0. The summed E-state index contributed by atoms with van der Waals surface area (Å²) < 4.78 is 23.5. The maximum Gasteiger partial charge on any atom is 0.175 e. The van der Waals surface area contributed by atoms with E-state index in [1.165, 1.54) is 12.6 Å². The van der Waals surface area contributed by atoms with Crippen molar-refractivity contribution in [3.8, 4) is 0 Å². The number of aromatic nitrogens is 2. The fourth-order valence-corrected chi connectivity index (χ4v) is 3.62. The first-order valence-corrected chi connectivity index (χ1v) is 10.0. The SMILES string of the molecule is CC1NNCC1CCCNc1ncnc2ccc(S(C)(=O)=O)cc12. The maximum atomic E-state index is 11.8. The van der Waals surface area contributed by atoms with Crippen LogP contribution in [-0.4, -0.2) is 43.8 Å². The Balaban J connectivity index is 1.69. The highest BCUT2D eigenvalue weighted by molar-refractivity contribution is 7.90. The van der Waals surface area contributed by atoms with Crippen LogP contribution in [0, 0.1) is 5.92 Å². The fourth-order valence-electron chi connectivity index (χ4n) is 2.98. The zero-order valence-electron chi connectivity index (χ0n) is 13.9. The van der Waals surface area contributed by atoms with Gasteiger partial charge in [0.2, 0.25) is 0 Å². The molecule has 1 fully saturated rings. The highest BCUT2D eigenvalue weighted by Crippen LogP contribution is 2.23. The normalized spacial score (nSPS) is 21.2. The van der Waals surface area contributed by atoms with Crippen LogP contribution in [0.1, 0.15) is 19.8 Å². The first-order chi connectivity index (χ1) is 11.4. The Labute approximate surface area is 142 Å². The van der Waals surface area contributed by atoms with Crippen molar-refractivity contribution in [2.75, 3.05) is 24.7 Å². The van der Waals surface area contributed by atoms with Crippen molar-refractivity contribution in [3.05, 3.63) is 24.5 Å². The van der Waals surface area contributed by atoms with Crippen LogP contribution in [0.2, 0.25) is 0 Å². The van der Waals surface area contributed by atoms with Gasteiger partial charge in [-0.2, -0.15) is 0 Å². The third kappa shape index (κ3) is 3.82. The van der Waals surface area contributed by atoms with Gasteiger partial charge in [0.15, 0.2) is 9.84 Å². The van der Waals surface area contributed by atoms with Gasteiger partial charge in [0.05, 0.1) is 10.4 Å². The van der Waals surface area contributed by atoms with Crippen LogP contribution in [0.15, 0.2) is 29.4 Å². The lowest BCUT2D eigenvalue weighted by Crippen LogP contribution is -2.28. The molecule has 3 rings (SSSR count). The van der Waals surface area contributed by atoms with Gasteiger partial charge in [0.1, 0.15) is 12.1 Å². The number of nitrogens with one attached hydrogen (secondary N) is 3. The standard InChI is InChI=1S/C16H23N5O2S/c1-11-12(9-20-21-11)4-3-7-17-16-14-8-13(24(2,22)23)5-6-15(14)18-10-19-16/h5-6,8,10-12,20-21H,3-4,7,9H2,1-2H3,(H,17,18,19). The molecule has 1 aromatic carbocycles. The molecule has 7 nitrogen and oxygen atoms in total. The van der Waals surface area contributed by atoms with E-state index >= 15 is 0 Å². The van der Waals surface area contributed by atoms with Gasteiger partial charge in [-0.05, 0) is 43.9 Å². The van der Waals surface area contributed by atoms with Gasteiger partial charge in [-0.3, -0.25) is 10.9 Å². The third-order valence-electron chi connectivity index (χ3n) is 4.48. The molecule has 2 atom stereocenters. The summed E-state index contributed by atoms with van der Waals surface area (Å²) in [6.45, 7) is 3.97. The molecule has 0 amide bonds. The lowest BCUT2D eigenvalue weighted by atomic mass is 9.98. The van der Waals surface area contributed by atoms with Crippen LogP contribution in [0.25, 0.3) is 10.9 Å². The first-order valence-electron chi connectivity index (χ1n) is 8.12. The van der Waals surface area contributed by atoms with Crippen molar-refractivity contribution >= 4 is 26.6 Å². The number of nitrogens with zero attached hydrogens (tertiary/aromatic N) is 2. The molecule has 130 valence electrons. The van der Waals surface area contributed by atoms with Gasteiger partial charge >= 0.3 is 0 Å². The topological polar surface area (TPSA) is 96.0 Å². The number of fused-ring (bicyclic) bond motifs is 1. The zero-order chi connectivity index (χ0) is 17.2. The van der Waals surface area contributed by atoms with E-state index in [2.05, 4.69) is 33.1 Å². The van der Waals surface area contributed by atoms with E-state index in [1.807, 2.05) is 0 Å². The summed E-state index contributed by atoms with van der Waals surface area (Å²) in [4.78, 5) is 8.76. The molecule has 0 saturated carbocycles. The summed E-state index contributed by atoms with van der Waals surface area (Å²) in [7, 11) is -3.25. The van der Waals surface area contributed by atoms with Crippen molar-refractivity contribution in [2.24, 2.45) is 5.92 Å². The number of sulfone groups is 1. The molecule has 3 N–H and O–H groups in total. The maximum absolute atomic E-state index is 11.8. The molecule has 2 heterocycles. The highest BCUT2D eigenvalue weighted by atomic mass is 32.2. The molecule has 8 heteroatoms. The van der Waals surface area contributed by atoms with Crippen molar-refractivity contribution in [2.45, 2.75) is 30.7 Å². The van der Waals surface area contributed by atoms with Gasteiger partial charge in [0, 0.05) is 30.8 Å². The van der Waals surface area contributed by atoms with Crippen molar-refractivity contribution in [3.63, 3.8) is 0 Å². The zero-order valence-corrected chi connectivity index (χ0v) is 14.7. The second kappa shape index (κ2) is 7.00. The molecular formula is C16H23N5O2S. The number of hydrogen-bond donors (Lipinski definition) is 3. The smallest absolute Gasteiger partial charge is 0.175 e. The average molecular weight is 349 g/mol. The number of benzene rings is 1. The molecule has 2 unspecified atom stereocenters. The molecule has 24 heavy (non-hydrogen) atoms. The minimum Gasteiger partial charge on any atom is -0.369 e. The summed E-state index contributed by atoms with van der Waals surface area (Å²) in [5, 5.41) is 4.05. The molecule has 2 aromatic rings. The molecule has 0 aliphatic carbocycles. The Morgan fingerprint density at radius 1 is 1.33 bits per heavy atom. The van der Waals surface area contributed by atoms with E-state index < -0.39 is 9.84 Å². The quantitative estimate of drug-likeness (QED) is 0.677. The van der Waals surface area contributed by atoms with Gasteiger partial charge in [-0.25, -0.2) is 18.4 Å². The van der Waals surface area contributed by atoms with Crippen molar-refractivity contribution in [1.82, 2.24) is 20.8 Å². The van der Waals surface area contributed by atoms with Crippen LogP contribution in [-0.2, 0) is 9.84 Å². The number of anilines is 1. The lowest BCUT2D eigenvalue weighted by molar-refractivity contribution is 0.452. The van der Waals surface area contributed by atoms with Crippen LogP contribution in [0.4, 0.5) is 5.82 Å². The van der Waals surface area contributed by atoms with Crippen LogP contribution in [0.5, 0.6) is 0 Å². The molecule has 0 bridgehead atoms. The predicted molar refractivity (Wildman–Crippen MR) is 94.5 cm³/mol. The molecular weight excluding hydrogens is 326 g/mol. The Kier molecular flexibility index (Phi) is 4.98. The monoisotopic (exact) mass is 349 g/mol. The second-order valence-corrected chi connectivity index (χ2v) is 8.33. The van der Waals surface area contributed by atoms with Crippen molar-refractivity contribution in [1.29, 1.82) is 0 Å². The molecule has 0 radical (unpaired) electrons. The number of hydrogen-bond acceptors (Lipinski definition) is 7. The van der Waals surface area contributed by atoms with Gasteiger partial charge in [-0.1, -0.05) is 0 Å². The Hall–Kier alpha value is -1.77. The Morgan fingerprint density at radius 2 is 2.17 bits per heavy atom. The summed E-state index contributed by atoms with van der Waals surface area (Å²) in [5.41, 5.74) is 7.14. The lowest BCUT2D eigenvalue weighted by Gasteiger charge is -2.14. The third-order valence-corrected chi connectivity index (χ3v) is 5.59. The van der Waals surface area contributed by atoms with E-state index in [-0.39, 0.29) is 4.90 Å². The fraction of sp³-hybridized carbons (Fsp3) is 0.500. The highest BCUT2D eigenvalue weighted by Gasteiger charge is 2.21. The van der Waals surface area contributed by atoms with Crippen LogP contribution < -0.4 is 16.2 Å². The van der Waals surface area contributed by atoms with Crippen molar-refractivity contribution < 1.29 is 8.42 Å². The minimum atomic E-state index is -3.25. The van der Waals surface area contributed by atoms with Gasteiger partial charge in [0.25, 0.3) is 0 Å². The minimum absolute atomic E-state index is 0.282. The molecule has 1 aliphatic rings. The average Bonchev–Trinajstić information content (AvgIpc) is 2.95. The second-order valence-electron chi connectivity index (χ2n) is 6.32. The number of hydrazine groups is 1. The van der Waals surface area contributed by atoms with E-state index in [4.69, 9.17) is 0 Å². The first kappa shape index (κ1) is 17.1. The van der Waals surface area contributed by atoms with E-state index in [9.17, 15) is 8.42 Å². The van der Waals surface area contributed by atoms with Crippen LogP contribution in [0.3, 0.4) is 0 Å². The largest absolute Gasteiger partial charge is 0.369 e. The van der Waals surface area contributed by atoms with Gasteiger partial charge in [-0.15, -0.1) is 0 Å². The Morgan fingerprint density at radius 3 is 2.88 bits per heavy atom. The Bertz CT molecular complexity index is 824. The molecule has 0 spiro atoms. The molecule has 1 saturated heterocycles. The summed E-state index contributed by atoms with van der Waals surface area (Å²) in [6, 6.07) is 5.42. The van der Waals surface area contributed by atoms with Gasteiger partial charge < -0.3 is 5.32 Å². The molecule has 1 aliphatic heterocycles. The summed E-state index contributed by atoms with van der Waals surface area (Å²) in [5.74, 6) is 1.31. The number of rotatable bonds is 6. The molecule has 1 aromatic heterocycles. The van der Waals surface area contributed by atoms with E-state index in [0.717, 1.165) is 36.8 Å². The predicted octanol–water partition coefficient (Wildman–Crippen LogP) is 1.34. The van der Waals surface area contributed by atoms with E-state index in [1.54, 1.807) is 18.2 Å². The van der Waals surface area contributed by atoms with E-state index in [0.29, 0.717) is 17.8 Å².